The predicted octanol–water partition coefficient (Wildman–Crippen LogP) is 5.16. The Morgan fingerprint density at radius 3 is 2.13 bits per heavy atom. The topological polar surface area (TPSA) is 34.1 Å². The number of rotatable bonds is 5. The molecule has 0 aromatic heterocycles. The Morgan fingerprint density at radius 2 is 1.57 bits per heavy atom. The minimum absolute atomic E-state index is 0.191. The van der Waals surface area contributed by atoms with Crippen molar-refractivity contribution >= 4 is 18.0 Å². The molecule has 0 aliphatic rings. The van der Waals surface area contributed by atoms with Crippen molar-refractivity contribution in [2.45, 2.75) is 41.0 Å². The highest BCUT2D eigenvalue weighted by Crippen LogP contribution is 2.49. The number of benzene rings is 2. The molecule has 1 atom stereocenters. The van der Waals surface area contributed by atoms with E-state index in [9.17, 15) is 9.36 Å². The highest BCUT2D eigenvalue weighted by molar-refractivity contribution is 7.87. The second-order valence-corrected chi connectivity index (χ2v) is 9.09. The van der Waals surface area contributed by atoms with Crippen molar-refractivity contribution in [3.63, 3.8) is 0 Å². The molecule has 2 aromatic carbocycles. The van der Waals surface area contributed by atoms with Gasteiger partial charge in [-0.05, 0) is 56.4 Å². The van der Waals surface area contributed by atoms with Gasteiger partial charge in [-0.25, -0.2) is 0 Å². The number of carbonyl (C=O) groups is 1. The fraction of sp³-hybridized carbons (Fsp3) is 0.350. The van der Waals surface area contributed by atoms with Gasteiger partial charge >= 0.3 is 0 Å². The number of carbonyl (C=O) groups excluding carboxylic acids is 1. The first-order valence-electron chi connectivity index (χ1n) is 8.10. The summed E-state index contributed by atoms with van der Waals surface area (Å²) in [5.41, 5.74) is 4.61. The smallest absolute Gasteiger partial charge is 0.226 e. The molecule has 1 unspecified atom stereocenters. The lowest BCUT2D eigenvalue weighted by molar-refractivity contribution is 0.107. The Hall–Kier alpha value is -1.66. The first kappa shape index (κ1) is 17.7. The van der Waals surface area contributed by atoms with Crippen molar-refractivity contribution < 1.29 is 9.36 Å². The summed E-state index contributed by atoms with van der Waals surface area (Å²) in [6.45, 7) is 9.95. The lowest BCUT2D eigenvalue weighted by atomic mass is 9.95. The van der Waals surface area contributed by atoms with Gasteiger partial charge in [-0.3, -0.25) is 4.79 Å². The van der Waals surface area contributed by atoms with Crippen LogP contribution in [0.4, 0.5) is 0 Å². The molecule has 2 rings (SSSR count). The fourth-order valence-corrected chi connectivity index (χ4v) is 5.81. The predicted molar refractivity (Wildman–Crippen MR) is 98.6 cm³/mol. The molecule has 23 heavy (non-hydrogen) atoms. The highest BCUT2D eigenvalue weighted by Gasteiger charge is 2.35. The second-order valence-electron chi connectivity index (χ2n) is 6.24. The van der Waals surface area contributed by atoms with Gasteiger partial charge < -0.3 is 4.57 Å². The molecule has 0 saturated heterocycles. The Kier molecular flexibility index (Phi) is 5.26. The maximum Gasteiger partial charge on any atom is 0.226 e. The Bertz CT molecular complexity index is 776. The second kappa shape index (κ2) is 6.84. The van der Waals surface area contributed by atoms with E-state index in [0.717, 1.165) is 23.1 Å². The van der Waals surface area contributed by atoms with Gasteiger partial charge in [0.1, 0.15) is 0 Å². The number of hydrogen-bond acceptors (Lipinski definition) is 2. The lowest BCUT2D eigenvalue weighted by Gasteiger charge is -2.21. The van der Waals surface area contributed by atoms with E-state index in [1.54, 1.807) is 0 Å². The monoisotopic (exact) mass is 328 g/mol. The number of aryl methyl sites for hydroxylation is 2. The molecule has 0 amide bonds. The van der Waals surface area contributed by atoms with E-state index in [1.165, 1.54) is 5.56 Å². The molecule has 2 aromatic rings. The van der Waals surface area contributed by atoms with Gasteiger partial charge in [-0.2, -0.15) is 0 Å². The minimum atomic E-state index is -3.11. The summed E-state index contributed by atoms with van der Waals surface area (Å²) in [6.07, 6.45) is 1.14. The van der Waals surface area contributed by atoms with Crippen LogP contribution in [0.25, 0.3) is 0 Å². The highest BCUT2D eigenvalue weighted by atomic mass is 31.2. The summed E-state index contributed by atoms with van der Waals surface area (Å²) in [4.78, 5) is 13.3. The third-order valence-corrected chi connectivity index (χ3v) is 7.70. The van der Waals surface area contributed by atoms with Crippen LogP contribution >= 0.6 is 7.14 Å². The van der Waals surface area contributed by atoms with Crippen LogP contribution in [0.15, 0.2) is 36.4 Å². The van der Waals surface area contributed by atoms with Gasteiger partial charge in [-0.15, -0.1) is 0 Å². The van der Waals surface area contributed by atoms with E-state index in [-0.39, 0.29) is 5.52 Å². The van der Waals surface area contributed by atoms with Crippen LogP contribution in [0.3, 0.4) is 0 Å². The van der Waals surface area contributed by atoms with Crippen LogP contribution in [0.2, 0.25) is 0 Å². The lowest BCUT2D eigenvalue weighted by Crippen LogP contribution is -2.18. The van der Waals surface area contributed by atoms with Gasteiger partial charge in [0.25, 0.3) is 0 Å². The van der Waals surface area contributed by atoms with Crippen molar-refractivity contribution in [2.24, 2.45) is 0 Å². The maximum absolute atomic E-state index is 13.7. The minimum Gasteiger partial charge on any atom is -0.310 e. The van der Waals surface area contributed by atoms with E-state index in [1.807, 2.05) is 71.0 Å². The van der Waals surface area contributed by atoms with Gasteiger partial charge in [0.2, 0.25) is 5.52 Å². The maximum atomic E-state index is 13.7. The molecule has 0 N–H and O–H groups in total. The molecule has 0 radical (unpaired) electrons. The van der Waals surface area contributed by atoms with E-state index >= 15 is 0 Å². The molecular formula is C20H25O2P. The Morgan fingerprint density at radius 1 is 0.957 bits per heavy atom. The van der Waals surface area contributed by atoms with Gasteiger partial charge in [-0.1, -0.05) is 43.3 Å². The molecule has 0 aliphatic carbocycles. The first-order chi connectivity index (χ1) is 10.8. The third-order valence-electron chi connectivity index (χ3n) is 4.61. The SMILES string of the molecule is CCCP(=O)(C(=O)c1c(C)cc(C)c(C)c1C)c1ccccc1. The summed E-state index contributed by atoms with van der Waals surface area (Å²) >= 11 is 0. The van der Waals surface area contributed by atoms with E-state index < -0.39 is 7.14 Å². The van der Waals surface area contributed by atoms with Crippen LogP contribution in [-0.2, 0) is 4.57 Å². The molecule has 0 aliphatic heterocycles. The standard InChI is InChI=1S/C20H25O2P/c1-6-12-23(22,18-10-8-7-9-11-18)20(21)19-15(3)13-14(2)16(4)17(19)5/h7-11,13H,6,12H2,1-5H3. The van der Waals surface area contributed by atoms with Crippen molar-refractivity contribution in [1.29, 1.82) is 0 Å². The summed E-state index contributed by atoms with van der Waals surface area (Å²) in [7, 11) is -3.11. The normalized spacial score (nSPS) is 13.6. The van der Waals surface area contributed by atoms with Crippen LogP contribution in [0.1, 0.15) is 46.0 Å². The quantitative estimate of drug-likeness (QED) is 0.711. The zero-order chi connectivity index (χ0) is 17.2. The average molecular weight is 328 g/mol. The van der Waals surface area contributed by atoms with Crippen molar-refractivity contribution in [2.75, 3.05) is 6.16 Å². The molecule has 3 heteroatoms. The van der Waals surface area contributed by atoms with Crippen LogP contribution in [-0.4, -0.2) is 11.7 Å². The average Bonchev–Trinajstić information content (AvgIpc) is 2.53. The molecule has 0 heterocycles. The molecule has 0 spiro atoms. The van der Waals surface area contributed by atoms with E-state index in [4.69, 9.17) is 0 Å². The zero-order valence-corrected chi connectivity index (χ0v) is 15.5. The van der Waals surface area contributed by atoms with Crippen LogP contribution < -0.4 is 5.30 Å². The summed E-state index contributed by atoms with van der Waals surface area (Å²) in [5, 5.41) is 0.670. The fourth-order valence-electron chi connectivity index (χ4n) is 3.13. The Balaban J connectivity index is 2.66. The largest absolute Gasteiger partial charge is 0.310 e. The van der Waals surface area contributed by atoms with Crippen molar-refractivity contribution in [1.82, 2.24) is 0 Å². The van der Waals surface area contributed by atoms with Crippen LogP contribution in [0.5, 0.6) is 0 Å². The third kappa shape index (κ3) is 3.19. The molecular weight excluding hydrogens is 303 g/mol. The van der Waals surface area contributed by atoms with Gasteiger partial charge in [0.15, 0.2) is 7.14 Å². The van der Waals surface area contributed by atoms with Crippen molar-refractivity contribution in [3.05, 3.63) is 64.2 Å². The molecule has 122 valence electrons. The molecule has 0 fully saturated rings. The summed E-state index contributed by atoms with van der Waals surface area (Å²) < 4.78 is 13.7. The first-order valence-corrected chi connectivity index (χ1v) is 9.99. The summed E-state index contributed by atoms with van der Waals surface area (Å²) in [6, 6.07) is 11.3. The van der Waals surface area contributed by atoms with Crippen molar-refractivity contribution in [3.8, 4) is 0 Å². The molecule has 2 nitrogen and oxygen atoms in total. The Labute approximate surface area is 139 Å². The van der Waals surface area contributed by atoms with Gasteiger partial charge in [0, 0.05) is 17.0 Å². The number of hydrogen-bond donors (Lipinski definition) is 0. The molecule has 0 saturated carbocycles. The van der Waals surface area contributed by atoms with Crippen LogP contribution in [0, 0.1) is 27.7 Å². The van der Waals surface area contributed by atoms with E-state index in [0.29, 0.717) is 17.0 Å². The molecule has 0 bridgehead atoms. The zero-order valence-electron chi connectivity index (χ0n) is 14.6. The van der Waals surface area contributed by atoms with E-state index in [2.05, 4.69) is 0 Å². The summed E-state index contributed by atoms with van der Waals surface area (Å²) in [5.74, 6) is 0. The van der Waals surface area contributed by atoms with Gasteiger partial charge in [0.05, 0.1) is 0 Å².